The molecule has 0 unspecified atom stereocenters. The number of halogens is 1. The Morgan fingerprint density at radius 1 is 0.270 bits per heavy atom. The van der Waals surface area contributed by atoms with Crippen molar-refractivity contribution in [2.24, 2.45) is 0 Å². The summed E-state index contributed by atoms with van der Waals surface area (Å²) >= 11 is 5.49. The van der Waals surface area contributed by atoms with E-state index in [2.05, 4.69) is 460 Å². The molecule has 0 aliphatic carbocycles. The zero-order valence-electron chi connectivity index (χ0n) is 62.6. The highest BCUT2D eigenvalue weighted by Crippen LogP contribution is 2.50. The third kappa shape index (κ3) is 13.5. The number of thiophene rings is 1. The first-order valence-electron chi connectivity index (χ1n) is 38.9. The fourth-order valence-corrected chi connectivity index (χ4v) is 18.0. The first kappa shape index (κ1) is 69.8. The monoisotopic (exact) mass is 1550 g/mol. The van der Waals surface area contributed by atoms with Gasteiger partial charge in [0.15, 0.2) is 0 Å². The number of hydrogen-bond acceptors (Lipinski definition) is 4. The van der Waals surface area contributed by atoms with Crippen molar-refractivity contribution in [3.63, 3.8) is 0 Å². The predicted molar refractivity (Wildman–Crippen MR) is 493 cm³/mol. The Labute approximate surface area is 679 Å². The van der Waals surface area contributed by atoms with Gasteiger partial charge in [0.2, 0.25) is 0 Å². The summed E-state index contributed by atoms with van der Waals surface area (Å²) in [6.45, 7) is 0. The van der Waals surface area contributed by atoms with Gasteiger partial charge in [-0.3, -0.25) is 0 Å². The van der Waals surface area contributed by atoms with Crippen LogP contribution in [0.3, 0.4) is 0 Å². The molecule has 5 nitrogen and oxygen atoms in total. The van der Waals surface area contributed by atoms with Crippen LogP contribution in [0.5, 0.6) is 0 Å². The zero-order valence-corrected chi connectivity index (χ0v) is 65.0. The Hall–Kier alpha value is -14.3. The van der Waals surface area contributed by atoms with E-state index in [4.69, 9.17) is 4.42 Å². The number of hydrogen-bond donors (Lipinski definition) is 1. The summed E-state index contributed by atoms with van der Waals surface area (Å²) in [6.07, 6.45) is 0. The van der Waals surface area contributed by atoms with Gasteiger partial charge in [-0.15, -0.1) is 11.3 Å². The second-order valence-electron chi connectivity index (χ2n) is 28.8. The van der Waals surface area contributed by atoms with Crippen molar-refractivity contribution < 1.29 is 4.42 Å². The molecule has 22 rings (SSSR count). The molecule has 1 N–H and O–H groups in total. The van der Waals surface area contributed by atoms with Gasteiger partial charge in [0.25, 0.3) is 0 Å². The van der Waals surface area contributed by atoms with E-state index in [0.29, 0.717) is 0 Å². The molecule has 4 heterocycles. The van der Waals surface area contributed by atoms with Crippen LogP contribution in [-0.2, 0) is 0 Å². The number of furan rings is 1. The van der Waals surface area contributed by atoms with Crippen molar-refractivity contribution >= 4 is 141 Å². The minimum absolute atomic E-state index is 0.881. The number of anilines is 5. The summed E-state index contributed by atoms with van der Waals surface area (Å²) in [7, 11) is 0. The van der Waals surface area contributed by atoms with Crippen LogP contribution in [0.2, 0.25) is 0 Å². The number of nitrogens with zero attached hydrogens (tertiary/aromatic N) is 3. The van der Waals surface area contributed by atoms with E-state index >= 15 is 0 Å². The molecule has 0 bridgehead atoms. The van der Waals surface area contributed by atoms with Gasteiger partial charge in [-0.2, -0.15) is 0 Å². The maximum atomic E-state index is 6.82. The Morgan fingerprint density at radius 2 is 0.600 bits per heavy atom. The SMILES string of the molecule is Brc1ccc(-c2cc3c4ccccc4n(-c4ccccc4)c3c3c2sc2ccccc23)cc1.c1ccc(-c2ccc(N(c3ccc(-c4ccccc4)cc3)c3ccc(-c4cc5c6ccccc6n(-c6ccccc6)c5c5c4oc4ccccc45)cc3)cc2)cc1.c1ccc(-c2ccc(Nc3ccc(-c4ccccc4)cc3)cc2)cc1. The molecule has 0 atom stereocenters. The lowest BCUT2D eigenvalue weighted by Crippen LogP contribution is -2.09. The molecule has 0 radical (unpaired) electrons. The molecule has 18 aromatic carbocycles. The summed E-state index contributed by atoms with van der Waals surface area (Å²) in [5.41, 5.74) is 28.8. The molecule has 0 aliphatic heterocycles. The Bertz CT molecular complexity index is 7050. The fourth-order valence-electron chi connectivity index (χ4n) is 16.4. The van der Waals surface area contributed by atoms with Gasteiger partial charge in [-0.1, -0.05) is 319 Å². The topological polar surface area (TPSA) is 38.3 Å². The lowest BCUT2D eigenvalue weighted by atomic mass is 9.98. The van der Waals surface area contributed by atoms with Gasteiger partial charge < -0.3 is 23.8 Å². The molecule has 0 aliphatic rings. The van der Waals surface area contributed by atoms with Crippen molar-refractivity contribution in [2.75, 3.05) is 10.2 Å². The molecule has 22 aromatic rings. The molecular weight excluding hydrogens is 1480 g/mol. The molecule has 0 saturated carbocycles. The second kappa shape index (κ2) is 30.7. The summed E-state index contributed by atoms with van der Waals surface area (Å²) < 4.78 is 15.4. The predicted octanol–water partition coefficient (Wildman–Crippen LogP) is 31.5. The van der Waals surface area contributed by atoms with Gasteiger partial charge in [0.05, 0.1) is 27.5 Å². The highest BCUT2D eigenvalue weighted by molar-refractivity contribution is 9.10. The third-order valence-corrected chi connectivity index (χ3v) is 23.7. The van der Waals surface area contributed by atoms with Crippen LogP contribution in [0.25, 0.3) is 164 Å². The average Bonchev–Trinajstić information content (AvgIpc) is 1.55. The summed E-state index contributed by atoms with van der Waals surface area (Å²) in [5.74, 6) is 0. The van der Waals surface area contributed by atoms with Crippen LogP contribution in [-0.4, -0.2) is 9.13 Å². The third-order valence-electron chi connectivity index (χ3n) is 21.9. The van der Waals surface area contributed by atoms with Gasteiger partial charge in [0.1, 0.15) is 11.2 Å². The second-order valence-corrected chi connectivity index (χ2v) is 30.8. The van der Waals surface area contributed by atoms with E-state index in [9.17, 15) is 0 Å². The lowest BCUT2D eigenvalue weighted by Gasteiger charge is -2.26. The Balaban J connectivity index is 0.000000124. The normalized spacial score (nSPS) is 11.3. The number of fused-ring (bicyclic) bond motifs is 14. The number of nitrogens with one attached hydrogen (secondary N) is 1. The standard InChI is InChI=1S/C54H36N2O.C30H18BrNS.C24H19N/c1-4-14-37(15-5-1)39-24-30-43(31-25-39)55(44-32-26-40(27-33-44)38-16-6-2-7-17-38)45-34-28-41(29-35-45)48-36-49-46-20-10-12-22-50(46)56(42-18-8-3-9-19-42)53(49)52-47-21-11-13-23-51(47)57-54(48)52;31-20-16-14-19(15-17-20)24-18-25-22-10-4-6-12-26(22)32(21-8-2-1-3-9-21)29(25)28-23-11-5-7-13-27(23)33-30(24)28;1-3-7-19(8-4-1)21-11-15-23(16-12-21)25-24-17-13-22(14-18-24)20-9-5-2-6-10-20/h1-36H;1-18H;1-18,25H. The first-order chi connectivity index (χ1) is 57.0. The van der Waals surface area contributed by atoms with E-state index < -0.39 is 0 Å². The van der Waals surface area contributed by atoms with Gasteiger partial charge in [0, 0.05) is 103 Å². The van der Waals surface area contributed by atoms with Gasteiger partial charge in [-0.05, 0) is 189 Å². The Morgan fingerprint density at radius 3 is 1.05 bits per heavy atom. The summed E-state index contributed by atoms with van der Waals surface area (Å²) in [5, 5.41) is 13.4. The maximum Gasteiger partial charge on any atom is 0.145 e. The van der Waals surface area contributed by atoms with E-state index in [1.54, 1.807) is 0 Å². The van der Waals surface area contributed by atoms with Crippen molar-refractivity contribution in [2.45, 2.75) is 0 Å². The molecular formula is C108H73BrN4OS. The van der Waals surface area contributed by atoms with Crippen molar-refractivity contribution in [3.8, 4) is 78.1 Å². The lowest BCUT2D eigenvalue weighted by molar-refractivity contribution is 0.670. The van der Waals surface area contributed by atoms with Crippen LogP contribution in [0, 0.1) is 0 Å². The average molecular weight is 1550 g/mol. The molecule has 544 valence electrons. The van der Waals surface area contributed by atoms with Crippen LogP contribution in [0.15, 0.2) is 446 Å². The van der Waals surface area contributed by atoms with E-state index in [0.717, 1.165) is 77.2 Å². The number of rotatable bonds is 13. The fraction of sp³-hybridized carbons (Fsp3) is 0. The minimum Gasteiger partial charge on any atom is -0.455 e. The minimum atomic E-state index is 0.881. The molecule has 0 amide bonds. The largest absolute Gasteiger partial charge is 0.455 e. The van der Waals surface area contributed by atoms with Crippen molar-refractivity contribution in [1.29, 1.82) is 0 Å². The molecule has 0 spiro atoms. The van der Waals surface area contributed by atoms with Crippen LogP contribution >= 0.6 is 27.3 Å². The number of aromatic nitrogens is 2. The molecule has 7 heteroatoms. The number of para-hydroxylation sites is 5. The summed E-state index contributed by atoms with van der Waals surface area (Å²) in [6, 6.07) is 155. The van der Waals surface area contributed by atoms with Crippen molar-refractivity contribution in [3.05, 3.63) is 441 Å². The maximum absolute atomic E-state index is 6.82. The summed E-state index contributed by atoms with van der Waals surface area (Å²) in [4.78, 5) is 2.33. The molecule has 0 saturated heterocycles. The highest BCUT2D eigenvalue weighted by atomic mass is 79.9. The molecule has 0 fully saturated rings. The first-order valence-corrected chi connectivity index (χ1v) is 40.5. The quantitative estimate of drug-likeness (QED) is 0.125. The van der Waals surface area contributed by atoms with E-state index in [1.165, 1.54) is 120 Å². The van der Waals surface area contributed by atoms with Crippen LogP contribution < -0.4 is 10.2 Å². The van der Waals surface area contributed by atoms with Gasteiger partial charge in [-0.25, -0.2) is 0 Å². The van der Waals surface area contributed by atoms with E-state index in [1.807, 2.05) is 23.5 Å². The van der Waals surface area contributed by atoms with Gasteiger partial charge >= 0.3 is 0 Å². The van der Waals surface area contributed by atoms with E-state index in [-0.39, 0.29) is 0 Å². The Kier molecular flexibility index (Phi) is 18.7. The molecule has 115 heavy (non-hydrogen) atoms. The smallest absolute Gasteiger partial charge is 0.145 e. The van der Waals surface area contributed by atoms with Crippen LogP contribution in [0.1, 0.15) is 0 Å². The van der Waals surface area contributed by atoms with Crippen LogP contribution in [0.4, 0.5) is 28.4 Å². The number of benzene rings is 18. The highest BCUT2D eigenvalue weighted by Gasteiger charge is 2.25. The molecule has 4 aromatic heterocycles. The van der Waals surface area contributed by atoms with Crippen molar-refractivity contribution in [1.82, 2.24) is 9.13 Å². The zero-order chi connectivity index (χ0) is 76.5.